The molecular formula is C17H14N4O2S2. The van der Waals surface area contributed by atoms with Crippen LogP contribution >= 0.6 is 11.3 Å². The fourth-order valence-corrected chi connectivity index (χ4v) is 3.87. The van der Waals surface area contributed by atoms with E-state index < -0.39 is 9.84 Å². The number of imidazole rings is 1. The molecule has 0 radical (unpaired) electrons. The molecule has 0 N–H and O–H groups in total. The minimum atomic E-state index is -3.21. The van der Waals surface area contributed by atoms with Gasteiger partial charge in [-0.3, -0.25) is 0 Å². The van der Waals surface area contributed by atoms with Crippen LogP contribution in [0.15, 0.2) is 59.2 Å². The molecule has 0 aliphatic heterocycles. The maximum absolute atomic E-state index is 11.6. The largest absolute Gasteiger partial charge is 0.309 e. The van der Waals surface area contributed by atoms with E-state index in [4.69, 9.17) is 0 Å². The van der Waals surface area contributed by atoms with E-state index in [0.717, 1.165) is 5.56 Å². The molecule has 1 aromatic carbocycles. The summed E-state index contributed by atoms with van der Waals surface area (Å²) in [6.45, 7) is 0.694. The van der Waals surface area contributed by atoms with E-state index in [0.29, 0.717) is 23.5 Å². The molecule has 3 aromatic heterocycles. The molecule has 8 heteroatoms. The van der Waals surface area contributed by atoms with E-state index >= 15 is 0 Å². The highest BCUT2D eigenvalue weighted by Crippen LogP contribution is 2.21. The smallest absolute Gasteiger partial charge is 0.197 e. The van der Waals surface area contributed by atoms with E-state index in [1.54, 1.807) is 48.1 Å². The van der Waals surface area contributed by atoms with Crippen molar-refractivity contribution in [3.8, 4) is 11.3 Å². The fourth-order valence-electron chi connectivity index (χ4n) is 2.53. The normalized spacial score (nSPS) is 11.9. The minimum absolute atomic E-state index is 0.285. The Labute approximate surface area is 148 Å². The summed E-state index contributed by atoms with van der Waals surface area (Å²) in [7, 11) is -3.21. The zero-order chi connectivity index (χ0) is 17.4. The Kier molecular flexibility index (Phi) is 3.85. The molecule has 3 heterocycles. The highest BCUT2D eigenvalue weighted by molar-refractivity contribution is 7.90. The molecule has 0 saturated heterocycles. The summed E-state index contributed by atoms with van der Waals surface area (Å²) in [6, 6.07) is 10.7. The lowest BCUT2D eigenvalue weighted by Gasteiger charge is -2.05. The molecule has 4 aromatic rings. The van der Waals surface area contributed by atoms with E-state index in [1.165, 1.54) is 11.1 Å². The third-order valence-corrected chi connectivity index (χ3v) is 5.80. The van der Waals surface area contributed by atoms with Crippen LogP contribution in [0.3, 0.4) is 0 Å². The van der Waals surface area contributed by atoms with Crippen LogP contribution in [0, 0.1) is 0 Å². The van der Waals surface area contributed by atoms with Crippen molar-refractivity contribution in [3.63, 3.8) is 0 Å². The van der Waals surface area contributed by atoms with Gasteiger partial charge in [-0.2, -0.15) is 0 Å². The lowest BCUT2D eigenvalue weighted by atomic mass is 10.2. The minimum Gasteiger partial charge on any atom is -0.309 e. The Morgan fingerprint density at radius 2 is 1.92 bits per heavy atom. The summed E-state index contributed by atoms with van der Waals surface area (Å²) in [4.78, 5) is 14.8. The number of benzene rings is 1. The average molecular weight is 370 g/mol. The van der Waals surface area contributed by atoms with Gasteiger partial charge in [0, 0.05) is 16.7 Å². The van der Waals surface area contributed by atoms with Crippen LogP contribution in [0.4, 0.5) is 0 Å². The van der Waals surface area contributed by atoms with Crippen molar-refractivity contribution in [2.75, 3.05) is 6.26 Å². The standard InChI is InChI=1S/C17H14N4O2S2/c1-25(22,23)14-6-4-12(5-7-14)15-9-18-16-17(20-15)21(11-19-16)10-13-3-2-8-24-13/h2-9,11H,10H2,1H3. The molecule has 0 amide bonds. The lowest BCUT2D eigenvalue weighted by Crippen LogP contribution is -1.99. The van der Waals surface area contributed by atoms with Crippen molar-refractivity contribution < 1.29 is 8.42 Å². The molecule has 0 saturated carbocycles. The molecular weight excluding hydrogens is 356 g/mol. The van der Waals surface area contributed by atoms with Gasteiger partial charge in [0.1, 0.15) is 0 Å². The first-order valence-electron chi connectivity index (χ1n) is 7.51. The Balaban J connectivity index is 1.73. The van der Waals surface area contributed by atoms with E-state index in [-0.39, 0.29) is 4.90 Å². The zero-order valence-corrected chi connectivity index (χ0v) is 15.0. The van der Waals surface area contributed by atoms with Gasteiger partial charge in [0.25, 0.3) is 0 Å². The molecule has 0 unspecified atom stereocenters. The van der Waals surface area contributed by atoms with E-state index in [9.17, 15) is 8.42 Å². The fraction of sp³-hybridized carbons (Fsp3) is 0.118. The van der Waals surface area contributed by atoms with Crippen LogP contribution in [0.1, 0.15) is 4.88 Å². The molecule has 0 atom stereocenters. The SMILES string of the molecule is CS(=O)(=O)c1ccc(-c2cnc3ncn(Cc4cccs4)c3n2)cc1. The highest BCUT2D eigenvalue weighted by atomic mass is 32.2. The predicted octanol–water partition coefficient (Wildman–Crippen LogP) is 3.01. The van der Waals surface area contributed by atoms with Crippen LogP contribution in [-0.2, 0) is 16.4 Å². The van der Waals surface area contributed by atoms with Gasteiger partial charge in [-0.25, -0.2) is 23.4 Å². The summed E-state index contributed by atoms with van der Waals surface area (Å²) in [5, 5.41) is 2.04. The Bertz CT molecular complexity index is 1130. The number of nitrogens with zero attached hydrogens (tertiary/aromatic N) is 4. The van der Waals surface area contributed by atoms with Gasteiger partial charge in [0.05, 0.1) is 29.7 Å². The van der Waals surface area contributed by atoms with Crippen molar-refractivity contribution in [3.05, 3.63) is 59.2 Å². The lowest BCUT2D eigenvalue weighted by molar-refractivity contribution is 0.602. The van der Waals surface area contributed by atoms with Crippen molar-refractivity contribution in [2.45, 2.75) is 11.4 Å². The average Bonchev–Trinajstić information content (AvgIpc) is 3.24. The van der Waals surface area contributed by atoms with E-state index in [2.05, 4.69) is 21.0 Å². The third kappa shape index (κ3) is 3.18. The Morgan fingerprint density at radius 1 is 1.12 bits per heavy atom. The Hall–Kier alpha value is -2.58. The topological polar surface area (TPSA) is 77.7 Å². The number of fused-ring (bicyclic) bond motifs is 1. The van der Waals surface area contributed by atoms with Crippen LogP contribution in [-0.4, -0.2) is 34.2 Å². The van der Waals surface area contributed by atoms with Crippen LogP contribution in [0.25, 0.3) is 22.6 Å². The highest BCUT2D eigenvalue weighted by Gasteiger charge is 2.11. The summed E-state index contributed by atoms with van der Waals surface area (Å²) < 4.78 is 25.1. The van der Waals surface area contributed by atoms with Crippen LogP contribution in [0.2, 0.25) is 0 Å². The summed E-state index contributed by atoms with van der Waals surface area (Å²) in [6.07, 6.45) is 4.58. The Morgan fingerprint density at radius 3 is 2.60 bits per heavy atom. The summed E-state index contributed by atoms with van der Waals surface area (Å²) in [5.41, 5.74) is 2.79. The second-order valence-corrected chi connectivity index (χ2v) is 8.70. The number of sulfone groups is 1. The molecule has 25 heavy (non-hydrogen) atoms. The number of aromatic nitrogens is 4. The van der Waals surface area contributed by atoms with E-state index in [1.807, 2.05) is 16.0 Å². The van der Waals surface area contributed by atoms with Crippen LogP contribution < -0.4 is 0 Å². The molecule has 6 nitrogen and oxygen atoms in total. The second-order valence-electron chi connectivity index (χ2n) is 5.65. The molecule has 0 aliphatic rings. The zero-order valence-electron chi connectivity index (χ0n) is 13.3. The van der Waals surface area contributed by atoms with Crippen molar-refractivity contribution in [1.82, 2.24) is 19.5 Å². The van der Waals surface area contributed by atoms with Crippen LogP contribution in [0.5, 0.6) is 0 Å². The molecule has 0 fully saturated rings. The van der Waals surface area contributed by atoms with Crippen molar-refractivity contribution in [2.24, 2.45) is 0 Å². The first-order valence-corrected chi connectivity index (χ1v) is 10.3. The number of thiophene rings is 1. The number of hydrogen-bond acceptors (Lipinski definition) is 6. The maximum Gasteiger partial charge on any atom is 0.197 e. The van der Waals surface area contributed by atoms with Gasteiger partial charge in [0.2, 0.25) is 0 Å². The molecule has 126 valence electrons. The molecule has 0 spiro atoms. The van der Waals surface area contributed by atoms with Gasteiger partial charge >= 0.3 is 0 Å². The molecule has 4 rings (SSSR count). The second kappa shape index (κ2) is 6.05. The first-order chi connectivity index (χ1) is 12.0. The van der Waals surface area contributed by atoms with Gasteiger partial charge in [0.15, 0.2) is 21.1 Å². The molecule has 0 aliphatic carbocycles. The first kappa shape index (κ1) is 15.9. The van der Waals surface area contributed by atoms with Gasteiger partial charge in [-0.05, 0) is 23.6 Å². The number of hydrogen-bond donors (Lipinski definition) is 0. The number of rotatable bonds is 4. The summed E-state index contributed by atoms with van der Waals surface area (Å²) >= 11 is 1.68. The monoisotopic (exact) mass is 370 g/mol. The molecule has 0 bridgehead atoms. The quantitative estimate of drug-likeness (QED) is 0.552. The predicted molar refractivity (Wildman–Crippen MR) is 97.3 cm³/mol. The van der Waals surface area contributed by atoms with Crippen molar-refractivity contribution >= 4 is 32.5 Å². The van der Waals surface area contributed by atoms with Gasteiger partial charge < -0.3 is 4.57 Å². The summed E-state index contributed by atoms with van der Waals surface area (Å²) in [5.74, 6) is 0. The van der Waals surface area contributed by atoms with Gasteiger partial charge in [-0.1, -0.05) is 18.2 Å². The maximum atomic E-state index is 11.6. The van der Waals surface area contributed by atoms with Gasteiger partial charge in [-0.15, -0.1) is 11.3 Å². The van der Waals surface area contributed by atoms with Crippen molar-refractivity contribution in [1.29, 1.82) is 0 Å². The third-order valence-electron chi connectivity index (χ3n) is 3.81.